The summed E-state index contributed by atoms with van der Waals surface area (Å²) in [6, 6.07) is 5.72. The Labute approximate surface area is 161 Å². The smallest absolute Gasteiger partial charge is 0.312 e. The van der Waals surface area contributed by atoms with Crippen LogP contribution in [0.4, 0.5) is 10.8 Å². The van der Waals surface area contributed by atoms with Gasteiger partial charge in [-0.3, -0.25) is 19.3 Å². The standard InChI is InChI=1S/C19H21N3O4S/c1-12-5-3-6-13(2)18(12)21-15(23)10-26-17(25)9-14-11-27-19(20-14)22-8-4-7-16(22)24/h3,5-6,11H,4,7-10H2,1-2H3,(H,21,23). The Morgan fingerprint density at radius 3 is 2.70 bits per heavy atom. The topological polar surface area (TPSA) is 88.6 Å². The van der Waals surface area contributed by atoms with E-state index in [1.165, 1.54) is 11.3 Å². The summed E-state index contributed by atoms with van der Waals surface area (Å²) in [5.74, 6) is -0.861. The molecule has 0 unspecified atom stereocenters. The molecule has 0 saturated carbocycles. The average molecular weight is 387 g/mol. The Hall–Kier alpha value is -2.74. The number of aryl methyl sites for hydroxylation is 2. The van der Waals surface area contributed by atoms with Crippen molar-refractivity contribution in [3.05, 3.63) is 40.4 Å². The number of hydrogen-bond acceptors (Lipinski definition) is 6. The quantitative estimate of drug-likeness (QED) is 0.770. The van der Waals surface area contributed by atoms with Gasteiger partial charge in [-0.05, 0) is 31.4 Å². The second kappa shape index (κ2) is 8.30. The number of benzene rings is 1. The number of nitrogens with one attached hydrogen (secondary N) is 1. The number of nitrogens with zero attached hydrogens (tertiary/aromatic N) is 2. The molecule has 142 valence electrons. The highest BCUT2D eigenvalue weighted by atomic mass is 32.1. The second-order valence-corrected chi connectivity index (χ2v) is 7.26. The molecule has 0 spiro atoms. The van der Waals surface area contributed by atoms with Gasteiger partial charge >= 0.3 is 5.97 Å². The zero-order valence-electron chi connectivity index (χ0n) is 15.3. The van der Waals surface area contributed by atoms with Gasteiger partial charge in [0.1, 0.15) is 0 Å². The number of hydrogen-bond donors (Lipinski definition) is 1. The molecule has 2 heterocycles. The van der Waals surface area contributed by atoms with Crippen molar-refractivity contribution in [3.8, 4) is 0 Å². The van der Waals surface area contributed by atoms with E-state index in [1.807, 2.05) is 32.0 Å². The maximum Gasteiger partial charge on any atom is 0.312 e. The fraction of sp³-hybridized carbons (Fsp3) is 0.368. The number of aromatic nitrogens is 1. The molecule has 8 heteroatoms. The summed E-state index contributed by atoms with van der Waals surface area (Å²) in [4.78, 5) is 41.7. The van der Waals surface area contributed by atoms with Crippen LogP contribution in [0.5, 0.6) is 0 Å². The van der Waals surface area contributed by atoms with E-state index >= 15 is 0 Å². The van der Waals surface area contributed by atoms with Crippen molar-refractivity contribution < 1.29 is 19.1 Å². The molecule has 0 aliphatic carbocycles. The highest BCUT2D eigenvalue weighted by Gasteiger charge is 2.24. The maximum atomic E-state index is 12.0. The van der Waals surface area contributed by atoms with Crippen LogP contribution in [0.1, 0.15) is 29.7 Å². The summed E-state index contributed by atoms with van der Waals surface area (Å²) in [6.45, 7) is 4.11. The number of esters is 1. The van der Waals surface area contributed by atoms with Gasteiger partial charge in [-0.25, -0.2) is 4.98 Å². The number of para-hydroxylation sites is 1. The van der Waals surface area contributed by atoms with E-state index in [9.17, 15) is 14.4 Å². The van der Waals surface area contributed by atoms with Crippen molar-refractivity contribution in [3.63, 3.8) is 0 Å². The minimum Gasteiger partial charge on any atom is -0.455 e. The van der Waals surface area contributed by atoms with Crippen LogP contribution in [0.2, 0.25) is 0 Å². The van der Waals surface area contributed by atoms with Crippen LogP contribution in [0.3, 0.4) is 0 Å². The molecule has 2 aromatic rings. The first kappa shape index (κ1) is 19.0. The van der Waals surface area contributed by atoms with Crippen LogP contribution in [-0.2, 0) is 25.5 Å². The van der Waals surface area contributed by atoms with E-state index in [4.69, 9.17) is 4.74 Å². The Balaban J connectivity index is 1.49. The highest BCUT2D eigenvalue weighted by Crippen LogP contribution is 2.25. The van der Waals surface area contributed by atoms with Crippen molar-refractivity contribution in [2.24, 2.45) is 0 Å². The first-order chi connectivity index (χ1) is 12.9. The molecule has 0 bridgehead atoms. The minimum absolute atomic E-state index is 0.0325. The SMILES string of the molecule is Cc1cccc(C)c1NC(=O)COC(=O)Cc1csc(N2CCCC2=O)n1. The fourth-order valence-corrected chi connectivity index (χ4v) is 3.75. The van der Waals surface area contributed by atoms with Gasteiger partial charge in [0.15, 0.2) is 11.7 Å². The summed E-state index contributed by atoms with van der Waals surface area (Å²) in [5.41, 5.74) is 3.16. The van der Waals surface area contributed by atoms with Gasteiger partial charge in [-0.2, -0.15) is 0 Å². The maximum absolute atomic E-state index is 12.0. The predicted octanol–water partition coefficient (Wildman–Crippen LogP) is 2.61. The van der Waals surface area contributed by atoms with E-state index in [1.54, 1.807) is 10.3 Å². The van der Waals surface area contributed by atoms with Gasteiger partial charge in [0.05, 0.1) is 12.1 Å². The van der Waals surface area contributed by atoms with Crippen LogP contribution < -0.4 is 10.2 Å². The molecule has 0 radical (unpaired) electrons. The fourth-order valence-electron chi connectivity index (χ4n) is 2.88. The van der Waals surface area contributed by atoms with Crippen molar-refractivity contribution in [2.75, 3.05) is 23.4 Å². The summed E-state index contributed by atoms with van der Waals surface area (Å²) in [5, 5.41) is 5.11. The molecule has 27 heavy (non-hydrogen) atoms. The third-order valence-corrected chi connectivity index (χ3v) is 5.19. The van der Waals surface area contributed by atoms with Crippen LogP contribution >= 0.6 is 11.3 Å². The van der Waals surface area contributed by atoms with E-state index < -0.39 is 5.97 Å². The normalized spacial score (nSPS) is 13.7. The predicted molar refractivity (Wildman–Crippen MR) is 103 cm³/mol. The largest absolute Gasteiger partial charge is 0.455 e. The van der Waals surface area contributed by atoms with Crippen LogP contribution in [0.25, 0.3) is 0 Å². The lowest BCUT2D eigenvalue weighted by molar-refractivity contribution is -0.146. The molecule has 1 aromatic heterocycles. The van der Waals surface area contributed by atoms with Gasteiger partial charge < -0.3 is 10.1 Å². The van der Waals surface area contributed by atoms with Gasteiger partial charge in [0.25, 0.3) is 5.91 Å². The third kappa shape index (κ3) is 4.71. The molecule has 1 N–H and O–H groups in total. The monoisotopic (exact) mass is 387 g/mol. The van der Waals surface area contributed by atoms with E-state index in [0.717, 1.165) is 23.2 Å². The van der Waals surface area contributed by atoms with Gasteiger partial charge in [0, 0.05) is 24.0 Å². The highest BCUT2D eigenvalue weighted by molar-refractivity contribution is 7.14. The molecule has 3 rings (SSSR count). The summed E-state index contributed by atoms with van der Waals surface area (Å²) >= 11 is 1.33. The zero-order chi connectivity index (χ0) is 19.4. The Bertz CT molecular complexity index is 857. The van der Waals surface area contributed by atoms with E-state index in [-0.39, 0.29) is 24.8 Å². The number of ether oxygens (including phenoxy) is 1. The lowest BCUT2D eigenvalue weighted by Gasteiger charge is -2.11. The lowest BCUT2D eigenvalue weighted by atomic mass is 10.1. The van der Waals surface area contributed by atoms with E-state index in [0.29, 0.717) is 23.8 Å². The van der Waals surface area contributed by atoms with Crippen molar-refractivity contribution in [1.82, 2.24) is 4.98 Å². The van der Waals surface area contributed by atoms with Gasteiger partial charge in [0.2, 0.25) is 5.91 Å². The van der Waals surface area contributed by atoms with Gasteiger partial charge in [-0.15, -0.1) is 11.3 Å². The van der Waals surface area contributed by atoms with Crippen molar-refractivity contribution in [2.45, 2.75) is 33.1 Å². The Morgan fingerprint density at radius 2 is 2.04 bits per heavy atom. The molecular weight excluding hydrogens is 366 g/mol. The zero-order valence-corrected chi connectivity index (χ0v) is 16.1. The first-order valence-electron chi connectivity index (χ1n) is 8.70. The average Bonchev–Trinajstić information content (AvgIpc) is 3.25. The third-order valence-electron chi connectivity index (χ3n) is 4.28. The number of carbonyl (C=O) groups is 3. The molecule has 1 aliphatic heterocycles. The van der Waals surface area contributed by atoms with Crippen LogP contribution in [0, 0.1) is 13.8 Å². The molecule has 2 amide bonds. The van der Waals surface area contributed by atoms with Crippen molar-refractivity contribution in [1.29, 1.82) is 0 Å². The first-order valence-corrected chi connectivity index (χ1v) is 9.58. The Kier molecular flexibility index (Phi) is 5.85. The number of anilines is 2. The molecule has 1 aliphatic rings. The molecular formula is C19H21N3O4S. The minimum atomic E-state index is -0.531. The summed E-state index contributed by atoms with van der Waals surface area (Å²) in [7, 11) is 0. The second-order valence-electron chi connectivity index (χ2n) is 6.42. The molecule has 1 aromatic carbocycles. The van der Waals surface area contributed by atoms with Crippen LogP contribution in [0.15, 0.2) is 23.6 Å². The summed E-state index contributed by atoms with van der Waals surface area (Å²) < 4.78 is 5.05. The summed E-state index contributed by atoms with van der Waals surface area (Å²) in [6.07, 6.45) is 1.33. The van der Waals surface area contributed by atoms with Gasteiger partial charge in [-0.1, -0.05) is 18.2 Å². The number of carbonyl (C=O) groups excluding carboxylic acids is 3. The number of rotatable bonds is 6. The number of thiazole rings is 1. The van der Waals surface area contributed by atoms with Crippen molar-refractivity contribution >= 4 is 39.9 Å². The van der Waals surface area contributed by atoms with E-state index in [2.05, 4.69) is 10.3 Å². The lowest BCUT2D eigenvalue weighted by Crippen LogP contribution is -2.24. The van der Waals surface area contributed by atoms with Crippen LogP contribution in [-0.4, -0.2) is 35.9 Å². The molecule has 1 fully saturated rings. The number of amides is 2. The Morgan fingerprint density at radius 1 is 1.30 bits per heavy atom. The molecule has 7 nitrogen and oxygen atoms in total. The molecule has 1 saturated heterocycles. The molecule has 0 atom stereocenters.